The van der Waals surface area contributed by atoms with E-state index in [1.165, 1.54) is 6.07 Å². The summed E-state index contributed by atoms with van der Waals surface area (Å²) in [5.74, 6) is -0.607. The Labute approximate surface area is 145 Å². The van der Waals surface area contributed by atoms with Gasteiger partial charge < -0.3 is 10.6 Å². The second-order valence-electron chi connectivity index (χ2n) is 5.31. The maximum atomic E-state index is 13.4. The van der Waals surface area contributed by atoms with Crippen molar-refractivity contribution < 1.29 is 9.18 Å². The molecule has 0 aromatic heterocycles. The molecule has 0 aliphatic heterocycles. The van der Waals surface area contributed by atoms with Crippen LogP contribution in [-0.4, -0.2) is 17.6 Å². The van der Waals surface area contributed by atoms with Crippen molar-refractivity contribution in [2.45, 2.75) is 13.8 Å². The minimum atomic E-state index is -0.325. The fraction of sp³-hybridized carbons (Fsp3) is 0.176. The van der Waals surface area contributed by atoms with E-state index in [2.05, 4.69) is 21.5 Å². The molecule has 126 valence electrons. The highest BCUT2D eigenvalue weighted by Crippen LogP contribution is 2.13. The predicted octanol–water partition coefficient (Wildman–Crippen LogP) is 2.87. The summed E-state index contributed by atoms with van der Waals surface area (Å²) >= 11 is 5.04. The fourth-order valence-electron chi connectivity index (χ4n) is 1.86. The van der Waals surface area contributed by atoms with E-state index in [1.54, 1.807) is 19.1 Å². The van der Waals surface area contributed by atoms with Crippen molar-refractivity contribution in [2.75, 3.05) is 17.2 Å². The highest BCUT2D eigenvalue weighted by Gasteiger charge is 2.04. The van der Waals surface area contributed by atoms with Gasteiger partial charge in [-0.05, 0) is 55.9 Å². The minimum Gasteiger partial charge on any atom is -0.376 e. The first-order valence-electron chi connectivity index (χ1n) is 7.36. The first-order chi connectivity index (χ1) is 11.4. The van der Waals surface area contributed by atoms with Crippen molar-refractivity contribution in [3.05, 3.63) is 59.4 Å². The van der Waals surface area contributed by atoms with Crippen molar-refractivity contribution in [3.8, 4) is 0 Å². The number of hydrazine groups is 1. The highest BCUT2D eigenvalue weighted by atomic mass is 32.1. The maximum absolute atomic E-state index is 13.4. The van der Waals surface area contributed by atoms with Gasteiger partial charge in [-0.15, -0.1) is 0 Å². The number of benzene rings is 2. The second-order valence-corrected chi connectivity index (χ2v) is 5.72. The number of anilines is 2. The first-order valence-corrected chi connectivity index (χ1v) is 7.77. The van der Waals surface area contributed by atoms with Gasteiger partial charge in [0, 0.05) is 11.4 Å². The molecule has 0 saturated carbocycles. The lowest BCUT2D eigenvalue weighted by molar-refractivity contribution is -0.119. The van der Waals surface area contributed by atoms with Crippen LogP contribution in [0.4, 0.5) is 15.8 Å². The quantitative estimate of drug-likeness (QED) is 0.506. The SMILES string of the molecule is Cc1ccc(NCC(=O)NNC(=S)Nc2ccc(C)c(F)c2)cc1. The Hall–Kier alpha value is -2.67. The third-order valence-corrected chi connectivity index (χ3v) is 3.45. The van der Waals surface area contributed by atoms with Gasteiger partial charge in [0.25, 0.3) is 5.91 Å². The average molecular weight is 346 g/mol. The Kier molecular flexibility index (Phi) is 6.08. The molecule has 0 spiro atoms. The number of carbonyl (C=O) groups is 1. The van der Waals surface area contributed by atoms with Crippen molar-refractivity contribution in [1.82, 2.24) is 10.9 Å². The van der Waals surface area contributed by atoms with E-state index in [1.807, 2.05) is 31.2 Å². The van der Waals surface area contributed by atoms with Crippen LogP contribution < -0.4 is 21.5 Å². The molecule has 1 amide bonds. The Morgan fingerprint density at radius 2 is 1.71 bits per heavy atom. The van der Waals surface area contributed by atoms with Crippen LogP contribution in [0.15, 0.2) is 42.5 Å². The summed E-state index contributed by atoms with van der Waals surface area (Å²) < 4.78 is 13.4. The van der Waals surface area contributed by atoms with Crippen LogP contribution in [0.3, 0.4) is 0 Å². The number of amides is 1. The summed E-state index contributed by atoms with van der Waals surface area (Å²) in [6, 6.07) is 12.4. The van der Waals surface area contributed by atoms with Gasteiger partial charge in [0.15, 0.2) is 5.11 Å². The van der Waals surface area contributed by atoms with Crippen LogP contribution in [0.1, 0.15) is 11.1 Å². The zero-order valence-electron chi connectivity index (χ0n) is 13.4. The number of hydrogen-bond donors (Lipinski definition) is 4. The van der Waals surface area contributed by atoms with E-state index in [0.29, 0.717) is 11.3 Å². The summed E-state index contributed by atoms with van der Waals surface area (Å²) in [5.41, 5.74) is 8.09. The number of rotatable bonds is 4. The zero-order valence-corrected chi connectivity index (χ0v) is 14.3. The number of thiocarbonyl (C=S) groups is 1. The molecule has 24 heavy (non-hydrogen) atoms. The van der Waals surface area contributed by atoms with Crippen molar-refractivity contribution in [3.63, 3.8) is 0 Å². The van der Waals surface area contributed by atoms with E-state index in [4.69, 9.17) is 12.2 Å². The third-order valence-electron chi connectivity index (χ3n) is 3.25. The van der Waals surface area contributed by atoms with Gasteiger partial charge in [0.1, 0.15) is 5.82 Å². The average Bonchev–Trinajstić information content (AvgIpc) is 2.56. The minimum absolute atomic E-state index is 0.0951. The summed E-state index contributed by atoms with van der Waals surface area (Å²) in [4.78, 5) is 11.8. The van der Waals surface area contributed by atoms with Gasteiger partial charge in [0.05, 0.1) is 6.54 Å². The Morgan fingerprint density at radius 3 is 2.38 bits per heavy atom. The molecule has 7 heteroatoms. The summed E-state index contributed by atoms with van der Waals surface area (Å²) in [7, 11) is 0. The topological polar surface area (TPSA) is 65.2 Å². The van der Waals surface area contributed by atoms with Crippen LogP contribution in [0.2, 0.25) is 0 Å². The molecule has 0 radical (unpaired) electrons. The summed E-state index contributed by atoms with van der Waals surface area (Å²) in [6.45, 7) is 3.77. The lowest BCUT2D eigenvalue weighted by Gasteiger charge is -2.12. The Morgan fingerprint density at radius 1 is 1.04 bits per heavy atom. The van der Waals surface area contributed by atoms with Crippen molar-refractivity contribution in [2.24, 2.45) is 0 Å². The lowest BCUT2D eigenvalue weighted by Crippen LogP contribution is -2.45. The van der Waals surface area contributed by atoms with Gasteiger partial charge >= 0.3 is 0 Å². The van der Waals surface area contributed by atoms with Crippen LogP contribution in [0.25, 0.3) is 0 Å². The molecule has 0 aliphatic rings. The number of hydrogen-bond acceptors (Lipinski definition) is 3. The molecule has 0 fully saturated rings. The van der Waals surface area contributed by atoms with Gasteiger partial charge in [-0.2, -0.15) is 0 Å². The summed E-state index contributed by atoms with van der Waals surface area (Å²) in [5, 5.41) is 5.95. The molecule has 0 atom stereocenters. The van der Waals surface area contributed by atoms with E-state index in [0.717, 1.165) is 11.3 Å². The Bertz CT molecular complexity index is 734. The molecule has 0 heterocycles. The van der Waals surface area contributed by atoms with Gasteiger partial charge in [-0.3, -0.25) is 15.6 Å². The normalized spacial score (nSPS) is 9.96. The van der Waals surface area contributed by atoms with Crippen LogP contribution >= 0.6 is 12.2 Å². The number of carbonyl (C=O) groups excluding carboxylic acids is 1. The second kappa shape index (κ2) is 8.26. The van der Waals surface area contributed by atoms with Crippen molar-refractivity contribution in [1.29, 1.82) is 0 Å². The maximum Gasteiger partial charge on any atom is 0.257 e. The van der Waals surface area contributed by atoms with E-state index < -0.39 is 0 Å². The number of halogens is 1. The fourth-order valence-corrected chi connectivity index (χ4v) is 2.03. The third kappa shape index (κ3) is 5.51. The first kappa shape index (κ1) is 17.7. The molecule has 0 bridgehead atoms. The van der Waals surface area contributed by atoms with E-state index in [-0.39, 0.29) is 23.4 Å². The molecule has 0 saturated heterocycles. The molecular formula is C17H19FN4OS. The monoisotopic (exact) mass is 346 g/mol. The van der Waals surface area contributed by atoms with Crippen LogP contribution in [0, 0.1) is 19.7 Å². The number of aryl methyl sites for hydroxylation is 2. The lowest BCUT2D eigenvalue weighted by atomic mass is 10.2. The molecule has 0 unspecified atom stereocenters. The van der Waals surface area contributed by atoms with Crippen LogP contribution in [0.5, 0.6) is 0 Å². The molecule has 2 rings (SSSR count). The molecule has 5 nitrogen and oxygen atoms in total. The van der Waals surface area contributed by atoms with Gasteiger partial charge in [-0.25, -0.2) is 4.39 Å². The van der Waals surface area contributed by atoms with Gasteiger partial charge in [-0.1, -0.05) is 23.8 Å². The largest absolute Gasteiger partial charge is 0.376 e. The number of nitrogens with one attached hydrogen (secondary N) is 4. The van der Waals surface area contributed by atoms with Crippen molar-refractivity contribution >= 4 is 34.6 Å². The molecule has 0 aliphatic carbocycles. The van der Waals surface area contributed by atoms with Gasteiger partial charge in [0.2, 0.25) is 0 Å². The summed E-state index contributed by atoms with van der Waals surface area (Å²) in [6.07, 6.45) is 0. The van der Waals surface area contributed by atoms with E-state index >= 15 is 0 Å². The molecule has 4 N–H and O–H groups in total. The zero-order chi connectivity index (χ0) is 17.5. The highest BCUT2D eigenvalue weighted by molar-refractivity contribution is 7.80. The molecule has 2 aromatic carbocycles. The smallest absolute Gasteiger partial charge is 0.257 e. The predicted molar refractivity (Wildman–Crippen MR) is 98.3 cm³/mol. The Balaban J connectivity index is 1.73. The molecular weight excluding hydrogens is 327 g/mol. The van der Waals surface area contributed by atoms with E-state index in [9.17, 15) is 9.18 Å². The van der Waals surface area contributed by atoms with Crippen LogP contribution in [-0.2, 0) is 4.79 Å². The standard InChI is InChI=1S/C17H19FN4OS/c1-11-3-6-13(7-4-11)19-10-16(23)21-22-17(24)20-14-8-5-12(2)15(18)9-14/h3-9,19H,10H2,1-2H3,(H,21,23)(H2,20,22,24). The molecule has 2 aromatic rings.